The number of fused-ring (bicyclic) bond motifs is 1. The Morgan fingerprint density at radius 1 is 1.08 bits per heavy atom. The molecule has 4 rings (SSSR count). The fourth-order valence-corrected chi connectivity index (χ4v) is 4.58. The summed E-state index contributed by atoms with van der Waals surface area (Å²) in [6, 6.07) is 6.83. The van der Waals surface area contributed by atoms with Gasteiger partial charge in [-0.15, -0.1) is 0 Å². The maximum atomic E-state index is 6.37. The predicted octanol–water partition coefficient (Wildman–Crippen LogP) is 3.33. The van der Waals surface area contributed by atoms with E-state index in [1.54, 1.807) is 6.20 Å². The van der Waals surface area contributed by atoms with E-state index in [4.69, 9.17) is 4.74 Å². The van der Waals surface area contributed by atoms with E-state index >= 15 is 0 Å². The van der Waals surface area contributed by atoms with Crippen LogP contribution in [0.1, 0.15) is 38.6 Å². The predicted molar refractivity (Wildman–Crippen MR) is 97.6 cm³/mol. The summed E-state index contributed by atoms with van der Waals surface area (Å²) in [6.07, 6.45) is 8.19. The van der Waals surface area contributed by atoms with E-state index in [0.29, 0.717) is 12.1 Å². The molecule has 3 heterocycles. The highest BCUT2D eigenvalue weighted by atomic mass is 16.5. The minimum absolute atomic E-state index is 0.149. The molecule has 5 nitrogen and oxygen atoms in total. The van der Waals surface area contributed by atoms with Crippen LogP contribution in [0.5, 0.6) is 5.88 Å². The molecule has 1 saturated heterocycles. The number of aryl methyl sites for hydroxylation is 1. The molecule has 1 aliphatic carbocycles. The molecule has 1 saturated carbocycles. The normalized spacial score (nSPS) is 29.8. The van der Waals surface area contributed by atoms with Crippen LogP contribution in [0.2, 0.25) is 0 Å². The Morgan fingerprint density at radius 2 is 1.88 bits per heavy atom. The van der Waals surface area contributed by atoms with Gasteiger partial charge < -0.3 is 14.2 Å². The summed E-state index contributed by atoms with van der Waals surface area (Å²) in [4.78, 5) is 11.4. The van der Waals surface area contributed by atoms with Gasteiger partial charge in [0.15, 0.2) is 0 Å². The number of hydrogen-bond acceptors (Lipinski definition) is 4. The van der Waals surface area contributed by atoms with Gasteiger partial charge in [-0.3, -0.25) is 0 Å². The lowest BCUT2D eigenvalue weighted by molar-refractivity contribution is 0.0504. The van der Waals surface area contributed by atoms with E-state index < -0.39 is 0 Å². The lowest BCUT2D eigenvalue weighted by Crippen LogP contribution is -2.40. The van der Waals surface area contributed by atoms with Gasteiger partial charge in [0.05, 0.1) is 6.04 Å². The molecule has 0 N–H and O–H groups in total. The zero-order chi connectivity index (χ0) is 17.4. The molecule has 0 amide bonds. The third kappa shape index (κ3) is 3.30. The molecular formula is C20H28N4O. The largest absolute Gasteiger partial charge is 0.472 e. The van der Waals surface area contributed by atoms with Crippen molar-refractivity contribution in [2.45, 2.75) is 51.8 Å². The van der Waals surface area contributed by atoms with E-state index in [-0.39, 0.29) is 6.10 Å². The molecule has 2 aromatic heterocycles. The molecule has 0 radical (unpaired) electrons. The zero-order valence-corrected chi connectivity index (χ0v) is 15.4. The quantitative estimate of drug-likeness (QED) is 0.856. The van der Waals surface area contributed by atoms with Gasteiger partial charge in [-0.05, 0) is 51.5 Å². The van der Waals surface area contributed by atoms with E-state index in [0.717, 1.165) is 36.4 Å². The summed E-state index contributed by atoms with van der Waals surface area (Å²) < 4.78 is 8.68. The van der Waals surface area contributed by atoms with Crippen molar-refractivity contribution >= 4 is 0 Å². The monoisotopic (exact) mass is 340 g/mol. The number of imidazole rings is 1. The average Bonchev–Trinajstić information content (AvgIpc) is 3.21. The van der Waals surface area contributed by atoms with Crippen molar-refractivity contribution < 1.29 is 4.74 Å². The smallest absolute Gasteiger partial charge is 0.213 e. The van der Waals surface area contributed by atoms with Crippen molar-refractivity contribution in [2.75, 3.05) is 13.1 Å². The fraction of sp³-hybridized carbons (Fsp3) is 0.600. The van der Waals surface area contributed by atoms with Gasteiger partial charge in [0.2, 0.25) is 5.88 Å². The number of likely N-dealkylation sites (tertiary alicyclic amines) is 1. The van der Waals surface area contributed by atoms with Crippen LogP contribution in [0.25, 0.3) is 0 Å². The van der Waals surface area contributed by atoms with Crippen LogP contribution < -0.4 is 4.74 Å². The number of aromatic nitrogens is 3. The molecule has 25 heavy (non-hydrogen) atoms. The summed E-state index contributed by atoms with van der Waals surface area (Å²) in [7, 11) is 0. The SMILES string of the molecule is Cc1nccn1[C@H]1C[C@H]2CN(C(C)C)C[C@H]2C[C@@H]1Oc1ccccn1. The van der Waals surface area contributed by atoms with Crippen LogP contribution in [-0.2, 0) is 0 Å². The first-order valence-corrected chi connectivity index (χ1v) is 9.43. The second-order valence-corrected chi connectivity index (χ2v) is 7.81. The lowest BCUT2D eigenvalue weighted by atomic mass is 9.77. The van der Waals surface area contributed by atoms with E-state index in [1.165, 1.54) is 13.1 Å². The maximum absolute atomic E-state index is 6.37. The number of pyridine rings is 1. The summed E-state index contributed by atoms with van der Waals surface area (Å²) in [6.45, 7) is 9.09. The lowest BCUT2D eigenvalue weighted by Gasteiger charge is -2.38. The van der Waals surface area contributed by atoms with Crippen LogP contribution in [0.4, 0.5) is 0 Å². The topological polar surface area (TPSA) is 43.2 Å². The van der Waals surface area contributed by atoms with Crippen molar-refractivity contribution in [1.29, 1.82) is 0 Å². The highest BCUT2D eigenvalue weighted by Gasteiger charge is 2.44. The fourth-order valence-electron chi connectivity index (χ4n) is 4.58. The van der Waals surface area contributed by atoms with E-state index in [1.807, 2.05) is 24.4 Å². The van der Waals surface area contributed by atoms with Crippen LogP contribution in [0.15, 0.2) is 36.8 Å². The average molecular weight is 340 g/mol. The molecule has 4 atom stereocenters. The first-order valence-electron chi connectivity index (χ1n) is 9.43. The van der Waals surface area contributed by atoms with Gasteiger partial charge in [0.1, 0.15) is 11.9 Å². The van der Waals surface area contributed by atoms with Gasteiger partial charge in [0, 0.05) is 43.8 Å². The summed E-state index contributed by atoms with van der Waals surface area (Å²) in [5.41, 5.74) is 0. The Bertz CT molecular complexity index is 699. The molecule has 0 bridgehead atoms. The second-order valence-electron chi connectivity index (χ2n) is 7.81. The van der Waals surface area contributed by atoms with Crippen molar-refractivity contribution in [3.05, 3.63) is 42.6 Å². The Labute approximate surface area is 150 Å². The maximum Gasteiger partial charge on any atom is 0.213 e. The highest BCUT2D eigenvalue weighted by molar-refractivity contribution is 5.11. The van der Waals surface area contributed by atoms with Crippen LogP contribution >= 0.6 is 0 Å². The third-order valence-corrected chi connectivity index (χ3v) is 5.97. The van der Waals surface area contributed by atoms with Crippen molar-refractivity contribution in [2.24, 2.45) is 11.8 Å². The Hall–Kier alpha value is -1.88. The summed E-state index contributed by atoms with van der Waals surface area (Å²) in [5.74, 6) is 3.26. The van der Waals surface area contributed by atoms with Gasteiger partial charge in [0.25, 0.3) is 0 Å². The molecule has 134 valence electrons. The summed E-state index contributed by atoms with van der Waals surface area (Å²) >= 11 is 0. The minimum Gasteiger partial charge on any atom is -0.472 e. The second kappa shape index (κ2) is 6.79. The number of nitrogens with zero attached hydrogens (tertiary/aromatic N) is 4. The van der Waals surface area contributed by atoms with Crippen LogP contribution in [0, 0.1) is 18.8 Å². The van der Waals surface area contributed by atoms with E-state index in [2.05, 4.69) is 46.4 Å². The Kier molecular flexibility index (Phi) is 4.50. The van der Waals surface area contributed by atoms with Crippen LogP contribution in [-0.4, -0.2) is 44.7 Å². The molecule has 2 fully saturated rings. The molecule has 0 unspecified atom stereocenters. The molecular weight excluding hydrogens is 312 g/mol. The van der Waals surface area contributed by atoms with Crippen LogP contribution in [0.3, 0.4) is 0 Å². The minimum atomic E-state index is 0.149. The third-order valence-electron chi connectivity index (χ3n) is 5.97. The molecule has 0 aromatic carbocycles. The Balaban J connectivity index is 1.59. The molecule has 1 aliphatic heterocycles. The van der Waals surface area contributed by atoms with Crippen molar-refractivity contribution in [3.63, 3.8) is 0 Å². The zero-order valence-electron chi connectivity index (χ0n) is 15.4. The molecule has 2 aliphatic rings. The molecule has 2 aromatic rings. The van der Waals surface area contributed by atoms with Gasteiger partial charge in [-0.1, -0.05) is 6.07 Å². The summed E-state index contributed by atoms with van der Waals surface area (Å²) in [5, 5.41) is 0. The first kappa shape index (κ1) is 16.6. The standard InChI is InChI=1S/C20H28N4O/c1-14(2)23-12-16-10-18(24-9-8-21-15(24)3)19(11-17(16)13-23)25-20-6-4-5-7-22-20/h4-9,14,16-19H,10-13H2,1-3H3/t16-,17+,18-,19-/m0/s1. The first-order chi connectivity index (χ1) is 12.1. The molecule has 0 spiro atoms. The van der Waals surface area contributed by atoms with E-state index in [9.17, 15) is 0 Å². The van der Waals surface area contributed by atoms with Crippen molar-refractivity contribution in [1.82, 2.24) is 19.4 Å². The Morgan fingerprint density at radius 3 is 2.52 bits per heavy atom. The number of ether oxygens (including phenoxy) is 1. The van der Waals surface area contributed by atoms with Gasteiger partial charge in [-0.2, -0.15) is 0 Å². The van der Waals surface area contributed by atoms with Gasteiger partial charge in [-0.25, -0.2) is 9.97 Å². The van der Waals surface area contributed by atoms with Gasteiger partial charge >= 0.3 is 0 Å². The highest BCUT2D eigenvalue weighted by Crippen LogP contribution is 2.43. The number of rotatable bonds is 4. The number of hydrogen-bond donors (Lipinski definition) is 0. The molecule has 5 heteroatoms. The van der Waals surface area contributed by atoms with Crippen molar-refractivity contribution in [3.8, 4) is 5.88 Å².